The molecule has 0 aromatic carbocycles. The monoisotopic (exact) mass is 247 g/mol. The van der Waals surface area contributed by atoms with Crippen molar-refractivity contribution in [3.8, 4) is 0 Å². The van der Waals surface area contributed by atoms with E-state index in [0.29, 0.717) is 12.3 Å². The van der Waals surface area contributed by atoms with Gasteiger partial charge in [0.2, 0.25) is 5.91 Å². The van der Waals surface area contributed by atoms with Crippen molar-refractivity contribution in [1.82, 2.24) is 15.3 Å². The molecule has 1 aromatic rings. The first-order chi connectivity index (χ1) is 8.75. The van der Waals surface area contributed by atoms with Gasteiger partial charge in [-0.25, -0.2) is 0 Å². The maximum Gasteiger partial charge on any atom is 0.226 e. The largest absolute Gasteiger partial charge is 0.353 e. The number of hydrogen-bond donors (Lipinski definition) is 1. The third-order valence-corrected chi connectivity index (χ3v) is 3.70. The summed E-state index contributed by atoms with van der Waals surface area (Å²) < 4.78 is 0. The third-order valence-electron chi connectivity index (χ3n) is 3.70. The van der Waals surface area contributed by atoms with E-state index in [2.05, 4.69) is 22.2 Å². The van der Waals surface area contributed by atoms with Crippen LogP contribution >= 0.6 is 0 Å². The zero-order chi connectivity index (χ0) is 12.8. The summed E-state index contributed by atoms with van der Waals surface area (Å²) in [4.78, 5) is 20.0. The van der Waals surface area contributed by atoms with Gasteiger partial charge in [-0.1, -0.05) is 19.3 Å². The fraction of sp³-hybridized carbons (Fsp3) is 0.643. The normalized spacial score (nSPS) is 18.3. The number of hydrogen-bond acceptors (Lipinski definition) is 3. The van der Waals surface area contributed by atoms with Crippen LogP contribution in [0.25, 0.3) is 0 Å². The van der Waals surface area contributed by atoms with Gasteiger partial charge in [0.1, 0.15) is 0 Å². The van der Waals surface area contributed by atoms with Gasteiger partial charge in [0.15, 0.2) is 0 Å². The molecule has 1 fully saturated rings. The highest BCUT2D eigenvalue weighted by molar-refractivity contribution is 5.78. The number of rotatable bonds is 4. The van der Waals surface area contributed by atoms with Crippen LogP contribution in [-0.4, -0.2) is 21.9 Å². The molecule has 1 unspecified atom stereocenters. The van der Waals surface area contributed by atoms with E-state index in [1.807, 2.05) is 0 Å². The van der Waals surface area contributed by atoms with Gasteiger partial charge in [-0.05, 0) is 25.7 Å². The molecule has 0 bridgehead atoms. The van der Waals surface area contributed by atoms with E-state index >= 15 is 0 Å². The standard InChI is InChI=1S/C14H21N3O/c1-11(12-5-3-2-4-6-12)17-14(18)9-13-10-15-7-8-16-13/h7-8,10-12H,2-6,9H2,1H3,(H,17,18). The molecule has 4 nitrogen and oxygen atoms in total. The summed E-state index contributed by atoms with van der Waals surface area (Å²) in [7, 11) is 0. The van der Waals surface area contributed by atoms with Gasteiger partial charge in [0, 0.05) is 24.6 Å². The van der Waals surface area contributed by atoms with Crippen LogP contribution in [0.3, 0.4) is 0 Å². The summed E-state index contributed by atoms with van der Waals surface area (Å²) in [5, 5.41) is 3.09. The summed E-state index contributed by atoms with van der Waals surface area (Å²) >= 11 is 0. The molecule has 1 saturated carbocycles. The summed E-state index contributed by atoms with van der Waals surface area (Å²) in [6, 6.07) is 0.273. The fourth-order valence-corrected chi connectivity index (χ4v) is 2.64. The number of amides is 1. The number of carbonyl (C=O) groups is 1. The van der Waals surface area contributed by atoms with Gasteiger partial charge < -0.3 is 5.32 Å². The molecule has 1 amide bonds. The lowest BCUT2D eigenvalue weighted by molar-refractivity contribution is -0.121. The summed E-state index contributed by atoms with van der Waals surface area (Å²) in [5.41, 5.74) is 0.728. The first-order valence-corrected chi connectivity index (χ1v) is 6.80. The van der Waals surface area contributed by atoms with Crippen LogP contribution in [0.5, 0.6) is 0 Å². The zero-order valence-corrected chi connectivity index (χ0v) is 10.9. The Balaban J connectivity index is 1.79. The Bertz CT molecular complexity index is 374. The predicted molar refractivity (Wildman–Crippen MR) is 69.9 cm³/mol. The van der Waals surface area contributed by atoms with E-state index in [4.69, 9.17) is 0 Å². The molecule has 0 radical (unpaired) electrons. The molecule has 1 N–H and O–H groups in total. The molecule has 98 valence electrons. The molecule has 2 rings (SSSR count). The summed E-state index contributed by atoms with van der Waals surface area (Å²) in [6.45, 7) is 2.12. The van der Waals surface area contributed by atoms with Gasteiger partial charge in [0.05, 0.1) is 12.1 Å². The molecule has 4 heteroatoms. The van der Waals surface area contributed by atoms with Crippen LogP contribution in [-0.2, 0) is 11.2 Å². The molecule has 1 aliphatic rings. The highest BCUT2D eigenvalue weighted by Crippen LogP contribution is 2.26. The van der Waals surface area contributed by atoms with E-state index in [1.54, 1.807) is 18.6 Å². The summed E-state index contributed by atoms with van der Waals surface area (Å²) in [6.07, 6.45) is 11.6. The molecular formula is C14H21N3O. The van der Waals surface area contributed by atoms with Crippen LogP contribution < -0.4 is 5.32 Å². The molecule has 1 aromatic heterocycles. The first kappa shape index (κ1) is 13.0. The lowest BCUT2D eigenvalue weighted by atomic mass is 9.84. The highest BCUT2D eigenvalue weighted by Gasteiger charge is 2.21. The van der Waals surface area contributed by atoms with Crippen molar-refractivity contribution in [3.63, 3.8) is 0 Å². The molecular weight excluding hydrogens is 226 g/mol. The Labute approximate surface area is 108 Å². The van der Waals surface area contributed by atoms with Gasteiger partial charge in [0.25, 0.3) is 0 Å². The first-order valence-electron chi connectivity index (χ1n) is 6.80. The van der Waals surface area contributed by atoms with Crippen molar-refractivity contribution in [1.29, 1.82) is 0 Å². The van der Waals surface area contributed by atoms with Crippen molar-refractivity contribution in [2.24, 2.45) is 5.92 Å². The van der Waals surface area contributed by atoms with E-state index in [-0.39, 0.29) is 11.9 Å². The topological polar surface area (TPSA) is 54.9 Å². The van der Waals surface area contributed by atoms with Crippen molar-refractivity contribution in [3.05, 3.63) is 24.3 Å². The van der Waals surface area contributed by atoms with E-state index in [9.17, 15) is 4.79 Å². The molecule has 18 heavy (non-hydrogen) atoms. The van der Waals surface area contributed by atoms with Gasteiger partial charge in [-0.2, -0.15) is 0 Å². The Morgan fingerprint density at radius 2 is 2.17 bits per heavy atom. The minimum absolute atomic E-state index is 0.0496. The molecule has 0 spiro atoms. The second-order valence-electron chi connectivity index (χ2n) is 5.13. The Hall–Kier alpha value is -1.45. The molecule has 0 saturated heterocycles. The van der Waals surface area contributed by atoms with Crippen LogP contribution in [0.4, 0.5) is 0 Å². The molecule has 1 atom stereocenters. The highest BCUT2D eigenvalue weighted by atomic mass is 16.1. The van der Waals surface area contributed by atoms with E-state index < -0.39 is 0 Å². The lowest BCUT2D eigenvalue weighted by Crippen LogP contribution is -2.39. The van der Waals surface area contributed by atoms with E-state index in [0.717, 1.165) is 5.69 Å². The van der Waals surface area contributed by atoms with Crippen molar-refractivity contribution in [2.75, 3.05) is 0 Å². The van der Waals surface area contributed by atoms with Gasteiger partial charge >= 0.3 is 0 Å². The van der Waals surface area contributed by atoms with Crippen LogP contribution in [0, 0.1) is 5.92 Å². The third kappa shape index (κ3) is 3.79. The Morgan fingerprint density at radius 1 is 1.39 bits per heavy atom. The second kappa shape index (κ2) is 6.47. The molecule has 1 aliphatic carbocycles. The van der Waals surface area contributed by atoms with Crippen LogP contribution in [0.15, 0.2) is 18.6 Å². The number of nitrogens with one attached hydrogen (secondary N) is 1. The average molecular weight is 247 g/mol. The maximum absolute atomic E-state index is 11.9. The van der Waals surface area contributed by atoms with Gasteiger partial charge in [-0.15, -0.1) is 0 Å². The van der Waals surface area contributed by atoms with Crippen molar-refractivity contribution < 1.29 is 4.79 Å². The Kier molecular flexibility index (Phi) is 4.67. The zero-order valence-electron chi connectivity index (χ0n) is 10.9. The minimum Gasteiger partial charge on any atom is -0.353 e. The second-order valence-corrected chi connectivity index (χ2v) is 5.13. The smallest absolute Gasteiger partial charge is 0.226 e. The molecule has 1 heterocycles. The van der Waals surface area contributed by atoms with Gasteiger partial charge in [-0.3, -0.25) is 14.8 Å². The minimum atomic E-state index is 0.0496. The van der Waals surface area contributed by atoms with Crippen molar-refractivity contribution in [2.45, 2.75) is 51.5 Å². The number of carbonyl (C=O) groups excluding carboxylic acids is 1. The summed E-state index contributed by atoms with van der Waals surface area (Å²) in [5.74, 6) is 0.693. The lowest BCUT2D eigenvalue weighted by Gasteiger charge is -2.28. The molecule has 0 aliphatic heterocycles. The predicted octanol–water partition coefficient (Wildman–Crippen LogP) is 2.10. The van der Waals surface area contributed by atoms with E-state index in [1.165, 1.54) is 32.1 Å². The SMILES string of the molecule is CC(NC(=O)Cc1cnccn1)C1CCCCC1. The van der Waals surface area contributed by atoms with Crippen molar-refractivity contribution >= 4 is 5.91 Å². The average Bonchev–Trinajstić information content (AvgIpc) is 2.40. The quantitative estimate of drug-likeness (QED) is 0.886. The Morgan fingerprint density at radius 3 is 2.83 bits per heavy atom. The van der Waals surface area contributed by atoms with Crippen LogP contribution in [0.1, 0.15) is 44.7 Å². The maximum atomic E-state index is 11.9. The fourth-order valence-electron chi connectivity index (χ4n) is 2.64. The van der Waals surface area contributed by atoms with Crippen LogP contribution in [0.2, 0.25) is 0 Å². The number of aromatic nitrogens is 2. The number of nitrogens with zero attached hydrogens (tertiary/aromatic N) is 2.